The van der Waals surface area contributed by atoms with Crippen molar-refractivity contribution in [2.24, 2.45) is 4.99 Å². The number of fused-ring (bicyclic) bond motifs is 3. The summed E-state index contributed by atoms with van der Waals surface area (Å²) < 4.78 is 2.14. The Morgan fingerprint density at radius 2 is 1.92 bits per heavy atom. The number of hydrogen-bond acceptors (Lipinski definition) is 3. The molecule has 26 heavy (non-hydrogen) atoms. The van der Waals surface area contributed by atoms with Crippen LogP contribution in [0.25, 0.3) is 5.69 Å². The van der Waals surface area contributed by atoms with Crippen LogP contribution in [-0.2, 0) is 6.54 Å². The van der Waals surface area contributed by atoms with Gasteiger partial charge in [-0.2, -0.15) is 0 Å². The topological polar surface area (TPSA) is 46.4 Å². The number of thioether (sulfide) groups is 1. The molecule has 0 unspecified atom stereocenters. The number of nitrogens with one attached hydrogen (secondary N) is 1. The molecule has 3 aromatic rings. The van der Waals surface area contributed by atoms with Crippen LogP contribution in [0.2, 0.25) is 0 Å². The van der Waals surface area contributed by atoms with Crippen molar-refractivity contribution in [3.63, 3.8) is 0 Å². The molecule has 0 saturated heterocycles. The van der Waals surface area contributed by atoms with Gasteiger partial charge in [0.2, 0.25) is 0 Å². The van der Waals surface area contributed by atoms with Gasteiger partial charge < -0.3 is 9.88 Å². The van der Waals surface area contributed by atoms with Crippen LogP contribution in [-0.4, -0.2) is 29.0 Å². The summed E-state index contributed by atoms with van der Waals surface area (Å²) in [6.45, 7) is 1.02. The lowest BCUT2D eigenvalue weighted by Gasteiger charge is -2.12. The lowest BCUT2D eigenvalue weighted by molar-refractivity contribution is 0.0956. The van der Waals surface area contributed by atoms with E-state index in [-0.39, 0.29) is 5.91 Å². The third-order valence-corrected chi connectivity index (χ3v) is 5.30. The number of para-hydroxylation sites is 1. The number of benzene rings is 2. The lowest BCUT2D eigenvalue weighted by Crippen LogP contribution is -2.31. The van der Waals surface area contributed by atoms with E-state index in [0.29, 0.717) is 18.7 Å². The van der Waals surface area contributed by atoms with Crippen LogP contribution in [0, 0.1) is 0 Å². The van der Waals surface area contributed by atoms with Gasteiger partial charge in [0.1, 0.15) is 0 Å². The summed E-state index contributed by atoms with van der Waals surface area (Å²) in [7, 11) is 0. The third kappa shape index (κ3) is 3.06. The first-order valence-corrected chi connectivity index (χ1v) is 9.71. The Labute approximate surface area is 157 Å². The summed E-state index contributed by atoms with van der Waals surface area (Å²) in [5.74, 6) is -0.0717. The number of amides is 1. The molecular weight excluding hydrogens is 342 g/mol. The minimum atomic E-state index is -0.0717. The maximum atomic E-state index is 12.6. The van der Waals surface area contributed by atoms with Crippen molar-refractivity contribution in [1.82, 2.24) is 9.88 Å². The molecule has 130 valence electrons. The van der Waals surface area contributed by atoms with E-state index in [9.17, 15) is 4.79 Å². The first-order chi connectivity index (χ1) is 12.8. The number of carbonyl (C=O) groups is 1. The number of nitrogens with zero attached hydrogens (tertiary/aromatic N) is 2. The van der Waals surface area contributed by atoms with E-state index in [1.807, 2.05) is 61.0 Å². The van der Waals surface area contributed by atoms with Crippen LogP contribution in [0.4, 0.5) is 0 Å². The van der Waals surface area contributed by atoms with Gasteiger partial charge in [0, 0.05) is 11.1 Å². The Bertz CT molecular complexity index is 990. The van der Waals surface area contributed by atoms with Crippen molar-refractivity contribution in [3.05, 3.63) is 83.7 Å². The van der Waals surface area contributed by atoms with Crippen molar-refractivity contribution >= 4 is 23.4 Å². The zero-order valence-corrected chi connectivity index (χ0v) is 15.3. The van der Waals surface area contributed by atoms with Gasteiger partial charge >= 0.3 is 0 Å². The van der Waals surface area contributed by atoms with Crippen molar-refractivity contribution in [2.75, 3.05) is 12.8 Å². The van der Waals surface area contributed by atoms with Gasteiger partial charge in [-0.15, -0.1) is 11.8 Å². The van der Waals surface area contributed by atoms with Crippen molar-refractivity contribution < 1.29 is 4.79 Å². The average molecular weight is 361 g/mol. The van der Waals surface area contributed by atoms with E-state index in [2.05, 4.69) is 22.0 Å². The number of aliphatic imine (C=N–C) groups is 1. The minimum Gasteiger partial charge on any atom is -0.346 e. The molecule has 0 aliphatic carbocycles. The number of aromatic nitrogens is 1. The predicted molar refractivity (Wildman–Crippen MR) is 107 cm³/mol. The highest BCUT2D eigenvalue weighted by Crippen LogP contribution is 2.23. The first kappa shape index (κ1) is 16.7. The van der Waals surface area contributed by atoms with E-state index in [0.717, 1.165) is 22.0 Å². The Balaban J connectivity index is 1.58. The average Bonchev–Trinajstić information content (AvgIpc) is 3.12. The molecule has 0 bridgehead atoms. The molecule has 0 fully saturated rings. The molecular formula is C21H19N3OS. The van der Waals surface area contributed by atoms with E-state index in [1.165, 1.54) is 5.56 Å². The fourth-order valence-corrected chi connectivity index (χ4v) is 3.80. The van der Waals surface area contributed by atoms with Crippen LogP contribution in [0.1, 0.15) is 21.6 Å². The molecule has 0 radical (unpaired) electrons. The van der Waals surface area contributed by atoms with Gasteiger partial charge in [0.05, 0.1) is 35.7 Å². The highest BCUT2D eigenvalue weighted by Gasteiger charge is 2.18. The monoisotopic (exact) mass is 361 g/mol. The summed E-state index contributed by atoms with van der Waals surface area (Å²) in [4.78, 5) is 18.4. The molecule has 0 saturated carbocycles. The number of hydrogen-bond donors (Lipinski definition) is 1. The molecule has 1 amide bonds. The second-order valence-corrected chi connectivity index (χ2v) is 6.89. The summed E-state index contributed by atoms with van der Waals surface area (Å²) in [6, 6.07) is 20.0. The van der Waals surface area contributed by atoms with Crippen LogP contribution in [0.5, 0.6) is 0 Å². The third-order valence-electron chi connectivity index (χ3n) is 4.50. The van der Waals surface area contributed by atoms with E-state index >= 15 is 0 Å². The van der Waals surface area contributed by atoms with Crippen molar-refractivity contribution in [2.45, 2.75) is 11.4 Å². The highest BCUT2D eigenvalue weighted by atomic mass is 32.2. The van der Waals surface area contributed by atoms with E-state index in [4.69, 9.17) is 4.99 Å². The quantitative estimate of drug-likeness (QED) is 0.716. The standard InChI is InChI=1S/C21H19N3OS/c1-26-20-11-5-3-8-16(20)21(25)23-14-17-19-10-6-12-24(19)18-9-4-2-7-15(18)13-22-17/h2-12H,13-14H2,1H3,(H,23,25). The van der Waals surface area contributed by atoms with Gasteiger partial charge in [-0.3, -0.25) is 9.79 Å². The Kier molecular flexibility index (Phi) is 4.63. The summed E-state index contributed by atoms with van der Waals surface area (Å²) >= 11 is 1.57. The molecule has 1 aliphatic heterocycles. The van der Waals surface area contributed by atoms with Gasteiger partial charge in [0.25, 0.3) is 5.91 Å². The van der Waals surface area contributed by atoms with E-state index < -0.39 is 0 Å². The maximum absolute atomic E-state index is 12.6. The Morgan fingerprint density at radius 1 is 1.12 bits per heavy atom. The van der Waals surface area contributed by atoms with Gasteiger partial charge in [-0.1, -0.05) is 30.3 Å². The zero-order valence-electron chi connectivity index (χ0n) is 14.5. The molecule has 0 atom stereocenters. The maximum Gasteiger partial charge on any atom is 0.252 e. The summed E-state index contributed by atoms with van der Waals surface area (Å²) in [5, 5.41) is 3.03. The van der Waals surface area contributed by atoms with Gasteiger partial charge in [0.15, 0.2) is 0 Å². The normalized spacial score (nSPS) is 12.6. The molecule has 5 heteroatoms. The molecule has 4 nitrogen and oxygen atoms in total. The molecule has 2 aromatic carbocycles. The van der Waals surface area contributed by atoms with Crippen LogP contribution in [0.3, 0.4) is 0 Å². The molecule has 0 spiro atoms. The molecule has 1 aliphatic rings. The molecule has 4 rings (SSSR count). The minimum absolute atomic E-state index is 0.0717. The highest BCUT2D eigenvalue weighted by molar-refractivity contribution is 7.98. The zero-order chi connectivity index (χ0) is 17.9. The van der Waals surface area contributed by atoms with Crippen molar-refractivity contribution in [1.29, 1.82) is 0 Å². The van der Waals surface area contributed by atoms with Gasteiger partial charge in [-0.25, -0.2) is 0 Å². The molecule has 1 aromatic heterocycles. The number of carbonyl (C=O) groups excluding carboxylic acids is 1. The lowest BCUT2D eigenvalue weighted by atomic mass is 10.2. The summed E-state index contributed by atoms with van der Waals surface area (Å²) in [5.41, 5.74) is 4.94. The second kappa shape index (κ2) is 7.22. The molecule has 2 heterocycles. The fraction of sp³-hybridized carbons (Fsp3) is 0.143. The first-order valence-electron chi connectivity index (χ1n) is 8.48. The van der Waals surface area contributed by atoms with Crippen molar-refractivity contribution in [3.8, 4) is 5.69 Å². The SMILES string of the molecule is CSc1ccccc1C(=O)NCC1=NCc2ccccc2-n2cccc21. The second-order valence-electron chi connectivity index (χ2n) is 6.04. The number of rotatable bonds is 4. The Hall–Kier alpha value is -2.79. The van der Waals surface area contributed by atoms with Crippen LogP contribution < -0.4 is 5.32 Å². The largest absolute Gasteiger partial charge is 0.346 e. The van der Waals surface area contributed by atoms with Crippen LogP contribution >= 0.6 is 11.8 Å². The fourth-order valence-electron chi connectivity index (χ4n) is 3.21. The van der Waals surface area contributed by atoms with Gasteiger partial charge in [-0.05, 0) is 42.2 Å². The van der Waals surface area contributed by atoms with E-state index in [1.54, 1.807) is 11.8 Å². The smallest absolute Gasteiger partial charge is 0.252 e. The summed E-state index contributed by atoms with van der Waals surface area (Å²) in [6.07, 6.45) is 4.02. The van der Waals surface area contributed by atoms with Crippen LogP contribution in [0.15, 0.2) is 76.7 Å². The predicted octanol–water partition coefficient (Wildman–Crippen LogP) is 3.93. The Morgan fingerprint density at radius 3 is 2.81 bits per heavy atom. The molecule has 1 N–H and O–H groups in total.